The number of fused-ring (bicyclic) bond motifs is 2. The summed E-state index contributed by atoms with van der Waals surface area (Å²) in [5.74, 6) is 0.252. The smallest absolute Gasteiger partial charge is 0.292 e. The highest BCUT2D eigenvalue weighted by Crippen LogP contribution is 2.71. The fraction of sp³-hybridized carbons (Fsp3) is 0.567. The average molecular weight is 504 g/mol. The number of rotatable bonds is 2. The van der Waals surface area contributed by atoms with E-state index in [4.69, 9.17) is 14.9 Å². The number of ether oxygens (including phenoxy) is 1. The van der Waals surface area contributed by atoms with Crippen LogP contribution in [-0.4, -0.2) is 63.6 Å². The molecule has 3 aliphatic carbocycles. The van der Waals surface area contributed by atoms with Gasteiger partial charge in [-0.3, -0.25) is 0 Å². The number of nitrogen functional groups attached to an aromatic ring is 1. The minimum atomic E-state index is -0.923. The van der Waals surface area contributed by atoms with Crippen molar-refractivity contribution in [2.75, 3.05) is 19.8 Å². The van der Waals surface area contributed by atoms with E-state index in [0.717, 1.165) is 35.9 Å². The van der Waals surface area contributed by atoms with Crippen molar-refractivity contribution in [1.29, 1.82) is 0 Å². The Hall–Kier alpha value is -2.45. The number of hydrogen-bond acceptors (Lipinski definition) is 7. The van der Waals surface area contributed by atoms with Gasteiger partial charge >= 0.3 is 0 Å². The maximum absolute atomic E-state index is 11.3. The zero-order valence-corrected chi connectivity index (χ0v) is 22.3. The molecule has 2 bridgehead atoms. The lowest BCUT2D eigenvalue weighted by Gasteiger charge is -2.60. The van der Waals surface area contributed by atoms with Gasteiger partial charge in [-0.05, 0) is 79.6 Å². The second-order valence-corrected chi connectivity index (χ2v) is 12.9. The molecule has 7 nitrogen and oxygen atoms in total. The summed E-state index contributed by atoms with van der Waals surface area (Å²) in [5, 5.41) is 22.2. The third-order valence-electron chi connectivity index (χ3n) is 10.8. The van der Waals surface area contributed by atoms with Gasteiger partial charge < -0.3 is 30.0 Å². The van der Waals surface area contributed by atoms with Crippen LogP contribution in [0.4, 0.5) is 6.01 Å². The van der Waals surface area contributed by atoms with E-state index < -0.39 is 23.4 Å². The van der Waals surface area contributed by atoms with E-state index in [-0.39, 0.29) is 28.8 Å². The molecule has 7 atom stereocenters. The van der Waals surface area contributed by atoms with Crippen LogP contribution >= 0.6 is 0 Å². The van der Waals surface area contributed by atoms with Gasteiger partial charge in [-0.25, -0.2) is 0 Å². The molecule has 3 heterocycles. The third kappa shape index (κ3) is 2.78. The largest absolute Gasteiger partial charge is 0.424 e. The zero-order valence-electron chi connectivity index (χ0n) is 22.3. The Labute approximate surface area is 217 Å². The standard InChI is InChI=1S/C30H37N3O4/c1-27(2)14-17-13-19-24(34)25(35)21(33(4)5)15-29(19)10-11-30(17,37-29)23-9-7-18(28(23,27)3)16-6-8-22-20(12-16)32-26(31)36-22/h6-8,12-14,21,23-25,34-35H,9-11,15H2,1-5H3,(H2,31,32). The first-order valence-electron chi connectivity index (χ1n) is 13.5. The van der Waals surface area contributed by atoms with Crippen LogP contribution in [0.1, 0.15) is 52.0 Å². The maximum atomic E-state index is 11.3. The lowest BCUT2D eigenvalue weighted by molar-refractivity contribution is -0.170. The van der Waals surface area contributed by atoms with Gasteiger partial charge in [0.2, 0.25) is 0 Å². The van der Waals surface area contributed by atoms with Gasteiger partial charge in [-0.2, -0.15) is 4.98 Å². The van der Waals surface area contributed by atoms with Crippen LogP contribution in [0.2, 0.25) is 0 Å². The summed E-state index contributed by atoms with van der Waals surface area (Å²) in [4.78, 5) is 6.40. The predicted molar refractivity (Wildman–Crippen MR) is 142 cm³/mol. The molecule has 4 N–H and O–H groups in total. The molecule has 0 radical (unpaired) electrons. The summed E-state index contributed by atoms with van der Waals surface area (Å²) in [5.41, 5.74) is 10.5. The molecule has 5 aliphatic rings. The average Bonchev–Trinajstić information content (AvgIpc) is 3.49. The number of benzene rings is 1. The molecule has 2 spiro atoms. The van der Waals surface area contributed by atoms with Gasteiger partial charge in [0.05, 0.1) is 17.3 Å². The molecule has 1 aromatic heterocycles. The van der Waals surface area contributed by atoms with E-state index in [1.54, 1.807) is 0 Å². The normalized spacial score (nSPS) is 41.7. The van der Waals surface area contributed by atoms with Crippen LogP contribution in [0.5, 0.6) is 0 Å². The second-order valence-electron chi connectivity index (χ2n) is 12.9. The van der Waals surface area contributed by atoms with Crippen molar-refractivity contribution in [3.05, 3.63) is 53.1 Å². The Morgan fingerprint density at radius 2 is 1.92 bits per heavy atom. The second kappa shape index (κ2) is 7.14. The Kier molecular flexibility index (Phi) is 4.57. The van der Waals surface area contributed by atoms with E-state index in [9.17, 15) is 10.2 Å². The van der Waals surface area contributed by atoms with Crippen LogP contribution in [0.25, 0.3) is 16.7 Å². The molecular formula is C30H37N3O4. The highest BCUT2D eigenvalue weighted by atomic mass is 16.5. The monoisotopic (exact) mass is 503 g/mol. The maximum Gasteiger partial charge on any atom is 0.292 e. The highest BCUT2D eigenvalue weighted by Gasteiger charge is 2.70. The fourth-order valence-corrected chi connectivity index (χ4v) is 8.63. The number of oxazole rings is 1. The van der Waals surface area contributed by atoms with Crippen LogP contribution < -0.4 is 5.73 Å². The van der Waals surface area contributed by atoms with E-state index in [1.165, 1.54) is 11.1 Å². The number of nitrogens with two attached hydrogens (primary N) is 1. The number of hydrogen-bond donors (Lipinski definition) is 3. The summed E-state index contributed by atoms with van der Waals surface area (Å²) < 4.78 is 12.8. The van der Waals surface area contributed by atoms with Crippen LogP contribution in [-0.2, 0) is 4.74 Å². The number of aromatic nitrogens is 1. The molecular weight excluding hydrogens is 466 g/mol. The van der Waals surface area contributed by atoms with Crippen molar-refractivity contribution in [3.8, 4) is 0 Å². The summed E-state index contributed by atoms with van der Waals surface area (Å²) in [6, 6.07) is 6.21. The molecule has 7 rings (SSSR count). The number of anilines is 1. The van der Waals surface area contributed by atoms with Gasteiger partial charge in [0.25, 0.3) is 6.01 Å². The lowest BCUT2D eigenvalue weighted by atomic mass is 9.49. The molecule has 2 aromatic rings. The molecule has 1 aromatic carbocycles. The van der Waals surface area contributed by atoms with E-state index in [0.29, 0.717) is 12.0 Å². The van der Waals surface area contributed by atoms with E-state index >= 15 is 0 Å². The van der Waals surface area contributed by atoms with Crippen molar-refractivity contribution in [3.63, 3.8) is 0 Å². The molecule has 0 amide bonds. The Bertz CT molecular complexity index is 1420. The molecule has 1 saturated carbocycles. The summed E-state index contributed by atoms with van der Waals surface area (Å²) in [6.07, 6.45) is 8.62. The predicted octanol–water partition coefficient (Wildman–Crippen LogP) is 4.07. The summed E-state index contributed by atoms with van der Waals surface area (Å²) in [7, 11) is 3.94. The van der Waals surface area contributed by atoms with Crippen molar-refractivity contribution in [1.82, 2.24) is 9.88 Å². The Morgan fingerprint density at radius 1 is 1.14 bits per heavy atom. The molecule has 37 heavy (non-hydrogen) atoms. The molecule has 7 heteroatoms. The van der Waals surface area contributed by atoms with Gasteiger partial charge in [-0.1, -0.05) is 45.1 Å². The summed E-state index contributed by atoms with van der Waals surface area (Å²) in [6.45, 7) is 7.03. The zero-order chi connectivity index (χ0) is 26.1. The number of nitrogens with zero attached hydrogens (tertiary/aromatic N) is 2. The highest BCUT2D eigenvalue weighted by molar-refractivity contribution is 5.83. The number of likely N-dealkylation sites (N-methyl/N-ethyl adjacent to an activating group) is 1. The van der Waals surface area contributed by atoms with Crippen molar-refractivity contribution in [2.45, 2.75) is 75.9 Å². The SMILES string of the molecule is CN(C)C1CC23CCC4(O2)C(=CC(C)(C)C2(C)C(c5ccc6oc(N)nc6c5)=CCC42)C=C3C(O)C1O. The topological polar surface area (TPSA) is 105 Å². The first-order chi connectivity index (χ1) is 17.4. The van der Waals surface area contributed by atoms with Gasteiger partial charge in [0.15, 0.2) is 5.58 Å². The molecule has 2 fully saturated rings. The van der Waals surface area contributed by atoms with Gasteiger partial charge in [-0.15, -0.1) is 0 Å². The molecule has 2 aliphatic heterocycles. The molecule has 7 unspecified atom stereocenters. The number of aliphatic hydroxyl groups excluding tert-OH is 2. The minimum absolute atomic E-state index is 0.155. The minimum Gasteiger partial charge on any atom is -0.424 e. The summed E-state index contributed by atoms with van der Waals surface area (Å²) >= 11 is 0. The Balaban J connectivity index is 1.36. The fourth-order valence-electron chi connectivity index (χ4n) is 8.63. The van der Waals surface area contributed by atoms with Crippen LogP contribution in [0, 0.1) is 16.7 Å². The molecule has 1 saturated heterocycles. The van der Waals surface area contributed by atoms with E-state index in [1.807, 2.05) is 25.1 Å². The van der Waals surface area contributed by atoms with Crippen LogP contribution in [0.15, 0.2) is 52.0 Å². The number of allylic oxidation sites excluding steroid dienone is 3. The molecule has 196 valence electrons. The van der Waals surface area contributed by atoms with Gasteiger partial charge in [0.1, 0.15) is 11.6 Å². The first-order valence-corrected chi connectivity index (χ1v) is 13.5. The van der Waals surface area contributed by atoms with Crippen molar-refractivity contribution >= 4 is 22.7 Å². The first kappa shape index (κ1) is 23.7. The third-order valence-corrected chi connectivity index (χ3v) is 10.8. The van der Waals surface area contributed by atoms with Crippen molar-refractivity contribution in [2.24, 2.45) is 16.7 Å². The quantitative estimate of drug-likeness (QED) is 0.567. The number of aliphatic hydroxyl groups is 2. The van der Waals surface area contributed by atoms with Crippen molar-refractivity contribution < 1.29 is 19.4 Å². The van der Waals surface area contributed by atoms with Crippen LogP contribution in [0.3, 0.4) is 0 Å². The Morgan fingerprint density at radius 3 is 2.68 bits per heavy atom. The lowest BCUT2D eigenvalue weighted by Crippen LogP contribution is -2.63. The van der Waals surface area contributed by atoms with E-state index in [2.05, 4.69) is 56.1 Å². The van der Waals surface area contributed by atoms with Gasteiger partial charge in [0, 0.05) is 17.4 Å².